The van der Waals surface area contributed by atoms with Crippen LogP contribution >= 0.6 is 11.8 Å². The summed E-state index contributed by atoms with van der Waals surface area (Å²) in [5.74, 6) is 0.894. The molecule has 0 saturated carbocycles. The average Bonchev–Trinajstić information content (AvgIpc) is 2.90. The van der Waals surface area contributed by atoms with E-state index in [4.69, 9.17) is 9.47 Å². The molecule has 2 aromatic rings. The van der Waals surface area contributed by atoms with Crippen molar-refractivity contribution in [2.75, 3.05) is 14.2 Å². The van der Waals surface area contributed by atoms with Crippen LogP contribution in [0, 0.1) is 0 Å². The number of benzene rings is 2. The van der Waals surface area contributed by atoms with Crippen molar-refractivity contribution in [1.29, 1.82) is 0 Å². The van der Waals surface area contributed by atoms with E-state index >= 15 is 0 Å². The summed E-state index contributed by atoms with van der Waals surface area (Å²) < 4.78 is 10.5. The maximum atomic E-state index is 12.6. The molecule has 0 radical (unpaired) electrons. The second kappa shape index (κ2) is 7.44. The van der Waals surface area contributed by atoms with Crippen molar-refractivity contribution in [2.45, 2.75) is 6.54 Å². The van der Waals surface area contributed by atoms with Crippen molar-refractivity contribution in [1.82, 2.24) is 4.90 Å². The molecule has 6 heteroatoms. The normalized spacial score (nSPS) is 15.8. The van der Waals surface area contributed by atoms with Gasteiger partial charge in [-0.05, 0) is 41.1 Å². The third-order valence-electron chi connectivity index (χ3n) is 3.76. The lowest BCUT2D eigenvalue weighted by molar-refractivity contribution is -0.123. The molecule has 1 aliphatic rings. The van der Waals surface area contributed by atoms with Gasteiger partial charge < -0.3 is 9.47 Å². The Kier molecular flexibility index (Phi) is 5.09. The van der Waals surface area contributed by atoms with E-state index in [9.17, 15) is 9.59 Å². The number of hydrogen-bond acceptors (Lipinski definition) is 5. The van der Waals surface area contributed by atoms with E-state index in [0.717, 1.165) is 22.9 Å². The molecule has 128 valence electrons. The highest BCUT2D eigenvalue weighted by Gasteiger charge is 2.34. The minimum Gasteiger partial charge on any atom is -0.493 e. The van der Waals surface area contributed by atoms with Gasteiger partial charge in [-0.15, -0.1) is 0 Å². The number of carbonyl (C=O) groups excluding carboxylic acids is 2. The van der Waals surface area contributed by atoms with Crippen LogP contribution in [-0.4, -0.2) is 30.3 Å². The van der Waals surface area contributed by atoms with Crippen LogP contribution in [0.15, 0.2) is 53.4 Å². The standard InChI is InChI=1S/C19H17NO4S/c1-23-15-9-8-14(10-16(15)24-2)11-17-18(21)20(19(22)25-17)12-13-6-4-3-5-7-13/h3-11H,12H2,1-2H3/b17-11+. The molecule has 0 aromatic heterocycles. The Morgan fingerprint density at radius 3 is 2.40 bits per heavy atom. The fourth-order valence-electron chi connectivity index (χ4n) is 2.50. The number of hydrogen-bond donors (Lipinski definition) is 0. The molecule has 0 aliphatic carbocycles. The highest BCUT2D eigenvalue weighted by molar-refractivity contribution is 8.18. The van der Waals surface area contributed by atoms with Crippen LogP contribution in [0.4, 0.5) is 4.79 Å². The third kappa shape index (κ3) is 3.69. The monoisotopic (exact) mass is 355 g/mol. The van der Waals surface area contributed by atoms with Crippen LogP contribution in [0.1, 0.15) is 11.1 Å². The number of methoxy groups -OCH3 is 2. The molecule has 0 bridgehead atoms. The number of rotatable bonds is 5. The highest BCUT2D eigenvalue weighted by atomic mass is 32.2. The summed E-state index contributed by atoms with van der Waals surface area (Å²) in [5, 5.41) is -0.263. The minimum absolute atomic E-state index is 0.263. The predicted molar refractivity (Wildman–Crippen MR) is 97.5 cm³/mol. The molecule has 0 spiro atoms. The Morgan fingerprint density at radius 2 is 1.72 bits per heavy atom. The van der Waals surface area contributed by atoms with E-state index < -0.39 is 0 Å². The van der Waals surface area contributed by atoms with Crippen molar-refractivity contribution >= 4 is 29.0 Å². The van der Waals surface area contributed by atoms with Crippen molar-refractivity contribution in [3.63, 3.8) is 0 Å². The Bertz CT molecular complexity index is 833. The Morgan fingerprint density at radius 1 is 1.00 bits per heavy atom. The van der Waals surface area contributed by atoms with Crippen LogP contribution in [0.25, 0.3) is 6.08 Å². The minimum atomic E-state index is -0.284. The molecule has 25 heavy (non-hydrogen) atoms. The first-order valence-corrected chi connectivity index (χ1v) is 8.45. The van der Waals surface area contributed by atoms with Gasteiger partial charge >= 0.3 is 0 Å². The van der Waals surface area contributed by atoms with Crippen molar-refractivity contribution in [3.8, 4) is 11.5 Å². The van der Waals surface area contributed by atoms with Gasteiger partial charge in [-0.1, -0.05) is 36.4 Å². The quantitative estimate of drug-likeness (QED) is 0.761. The second-order valence-electron chi connectivity index (χ2n) is 5.37. The summed E-state index contributed by atoms with van der Waals surface area (Å²) in [5.41, 5.74) is 1.68. The molecule has 0 unspecified atom stereocenters. The van der Waals surface area contributed by atoms with E-state index in [1.54, 1.807) is 32.4 Å². The van der Waals surface area contributed by atoms with Gasteiger partial charge in [-0.3, -0.25) is 14.5 Å². The number of carbonyl (C=O) groups is 2. The van der Waals surface area contributed by atoms with Gasteiger partial charge in [-0.25, -0.2) is 0 Å². The Balaban J connectivity index is 1.83. The molecule has 2 amide bonds. The maximum Gasteiger partial charge on any atom is 0.293 e. The van der Waals surface area contributed by atoms with Gasteiger partial charge in [0.15, 0.2) is 11.5 Å². The van der Waals surface area contributed by atoms with Crippen LogP contribution in [0.2, 0.25) is 0 Å². The molecule has 1 saturated heterocycles. The molecule has 1 heterocycles. The summed E-state index contributed by atoms with van der Waals surface area (Å²) in [6.45, 7) is 0.273. The van der Waals surface area contributed by atoms with Gasteiger partial charge in [-0.2, -0.15) is 0 Å². The largest absolute Gasteiger partial charge is 0.493 e. The summed E-state index contributed by atoms with van der Waals surface area (Å²) >= 11 is 0.946. The van der Waals surface area contributed by atoms with E-state index in [0.29, 0.717) is 16.4 Å². The first-order valence-electron chi connectivity index (χ1n) is 7.63. The van der Waals surface area contributed by atoms with Gasteiger partial charge in [0.2, 0.25) is 0 Å². The van der Waals surface area contributed by atoms with Gasteiger partial charge in [0.25, 0.3) is 11.1 Å². The second-order valence-corrected chi connectivity index (χ2v) is 6.36. The molecule has 1 fully saturated rings. The van der Waals surface area contributed by atoms with E-state index in [1.165, 1.54) is 4.90 Å². The lowest BCUT2D eigenvalue weighted by Crippen LogP contribution is -2.27. The summed E-state index contributed by atoms with van der Waals surface area (Å²) in [6.07, 6.45) is 1.69. The molecule has 0 atom stereocenters. The van der Waals surface area contributed by atoms with Crippen molar-refractivity contribution in [2.24, 2.45) is 0 Å². The smallest absolute Gasteiger partial charge is 0.293 e. The topological polar surface area (TPSA) is 55.8 Å². The maximum absolute atomic E-state index is 12.6. The summed E-state index contributed by atoms with van der Waals surface area (Å²) in [4.78, 5) is 26.4. The van der Waals surface area contributed by atoms with Gasteiger partial charge in [0.1, 0.15) is 0 Å². The molecule has 5 nitrogen and oxygen atoms in total. The van der Waals surface area contributed by atoms with Gasteiger partial charge in [0.05, 0.1) is 25.7 Å². The first-order chi connectivity index (χ1) is 12.1. The van der Waals surface area contributed by atoms with Crippen LogP contribution in [-0.2, 0) is 11.3 Å². The molecule has 3 rings (SSSR count). The molecule has 0 N–H and O–H groups in total. The zero-order valence-corrected chi connectivity index (χ0v) is 14.7. The molecule has 1 aliphatic heterocycles. The van der Waals surface area contributed by atoms with E-state index in [2.05, 4.69) is 0 Å². The van der Waals surface area contributed by atoms with Crippen LogP contribution < -0.4 is 9.47 Å². The lowest BCUT2D eigenvalue weighted by Gasteiger charge is -2.12. The van der Waals surface area contributed by atoms with Crippen LogP contribution in [0.3, 0.4) is 0 Å². The third-order valence-corrected chi connectivity index (χ3v) is 4.67. The molecular weight excluding hydrogens is 338 g/mol. The van der Waals surface area contributed by atoms with Crippen molar-refractivity contribution in [3.05, 3.63) is 64.6 Å². The number of thioether (sulfide) groups is 1. The fourth-order valence-corrected chi connectivity index (χ4v) is 3.33. The lowest BCUT2D eigenvalue weighted by atomic mass is 10.1. The zero-order valence-electron chi connectivity index (χ0n) is 13.9. The number of ether oxygens (including phenoxy) is 2. The first kappa shape index (κ1) is 17.1. The van der Waals surface area contributed by atoms with E-state index in [-0.39, 0.29) is 17.7 Å². The number of nitrogens with zero attached hydrogens (tertiary/aromatic N) is 1. The number of amides is 2. The Labute approximate surface area is 150 Å². The number of imide groups is 1. The predicted octanol–water partition coefficient (Wildman–Crippen LogP) is 3.94. The van der Waals surface area contributed by atoms with Gasteiger partial charge in [0, 0.05) is 0 Å². The average molecular weight is 355 g/mol. The molecular formula is C19H17NO4S. The van der Waals surface area contributed by atoms with E-state index in [1.807, 2.05) is 36.4 Å². The zero-order chi connectivity index (χ0) is 17.8. The van der Waals surface area contributed by atoms with Crippen LogP contribution in [0.5, 0.6) is 11.5 Å². The molecule has 2 aromatic carbocycles. The van der Waals surface area contributed by atoms with Crippen molar-refractivity contribution < 1.29 is 19.1 Å². The summed E-state index contributed by atoms with van der Waals surface area (Å²) in [7, 11) is 3.11. The highest BCUT2D eigenvalue weighted by Crippen LogP contribution is 2.35. The fraction of sp³-hybridized carbons (Fsp3) is 0.158. The SMILES string of the molecule is COc1ccc(/C=C2/SC(=O)N(Cc3ccccc3)C2=O)cc1OC. The Hall–Kier alpha value is -2.73. The summed E-state index contributed by atoms with van der Waals surface area (Å²) in [6, 6.07) is 14.8.